The van der Waals surface area contributed by atoms with Crippen LogP contribution in [0.1, 0.15) is 48.5 Å². The molecule has 6 nitrogen and oxygen atoms in total. The molecule has 0 aliphatic rings. The predicted octanol–water partition coefficient (Wildman–Crippen LogP) is 1.28. The molecule has 0 heterocycles. The van der Waals surface area contributed by atoms with Gasteiger partial charge < -0.3 is 10.6 Å². The van der Waals surface area contributed by atoms with Gasteiger partial charge in [0.05, 0.1) is 18.7 Å². The number of rotatable bonds is 6. The van der Waals surface area contributed by atoms with E-state index in [0.717, 1.165) is 0 Å². The summed E-state index contributed by atoms with van der Waals surface area (Å²) in [6.45, 7) is 13.0. The first-order chi connectivity index (χ1) is 9.82. The number of hydrogen-bond donors (Lipinski definition) is 2. The van der Waals surface area contributed by atoms with Gasteiger partial charge in [-0.3, -0.25) is 14.5 Å². The van der Waals surface area contributed by atoms with Gasteiger partial charge in [0.15, 0.2) is 0 Å². The van der Waals surface area contributed by atoms with Gasteiger partial charge in [0.25, 0.3) is 0 Å². The van der Waals surface area contributed by atoms with Gasteiger partial charge in [-0.15, -0.1) is 0 Å². The van der Waals surface area contributed by atoms with E-state index in [4.69, 9.17) is 0 Å². The van der Waals surface area contributed by atoms with Gasteiger partial charge in [-0.2, -0.15) is 5.26 Å². The van der Waals surface area contributed by atoms with Crippen LogP contribution in [0.5, 0.6) is 0 Å². The van der Waals surface area contributed by atoms with E-state index in [1.807, 2.05) is 34.6 Å². The second-order valence-corrected chi connectivity index (χ2v) is 7.35. The van der Waals surface area contributed by atoms with E-state index in [1.165, 1.54) is 0 Å². The smallest absolute Gasteiger partial charge is 0.238 e. The van der Waals surface area contributed by atoms with Gasteiger partial charge in [-0.05, 0) is 47.6 Å². The number of carbonyl (C=O) groups excluding carboxylic acids is 2. The first-order valence-corrected chi connectivity index (χ1v) is 7.57. The molecule has 0 aromatic carbocycles. The van der Waals surface area contributed by atoms with E-state index in [-0.39, 0.29) is 29.8 Å². The summed E-state index contributed by atoms with van der Waals surface area (Å²) in [5, 5.41) is 14.9. The number of hydrogen-bond acceptors (Lipinski definition) is 4. The van der Waals surface area contributed by atoms with Crippen molar-refractivity contribution in [3.05, 3.63) is 0 Å². The Morgan fingerprint density at radius 3 is 2.00 bits per heavy atom. The lowest BCUT2D eigenvalue weighted by Crippen LogP contribution is -2.56. The van der Waals surface area contributed by atoms with Crippen LogP contribution in [0.4, 0.5) is 0 Å². The molecule has 2 atom stereocenters. The number of nitriles is 1. The van der Waals surface area contributed by atoms with Crippen LogP contribution in [0.15, 0.2) is 0 Å². The zero-order valence-electron chi connectivity index (χ0n) is 15.1. The van der Waals surface area contributed by atoms with Crippen LogP contribution in [-0.4, -0.2) is 47.4 Å². The number of carbonyl (C=O) groups is 2. The molecule has 2 N–H and O–H groups in total. The van der Waals surface area contributed by atoms with Gasteiger partial charge in [-0.1, -0.05) is 13.8 Å². The molecule has 0 spiro atoms. The van der Waals surface area contributed by atoms with E-state index in [2.05, 4.69) is 16.7 Å². The van der Waals surface area contributed by atoms with E-state index in [0.29, 0.717) is 0 Å². The topological polar surface area (TPSA) is 85.2 Å². The number of nitrogens with one attached hydrogen (secondary N) is 2. The Bertz CT molecular complexity index is 448. The summed E-state index contributed by atoms with van der Waals surface area (Å²) in [5.74, 6) is -0.409. The molecule has 0 rings (SSSR count). The molecule has 0 aliphatic carbocycles. The fourth-order valence-electron chi connectivity index (χ4n) is 1.68. The highest BCUT2D eigenvalue weighted by atomic mass is 16.2. The Balaban J connectivity index is 4.70. The summed E-state index contributed by atoms with van der Waals surface area (Å²) in [5.41, 5.74) is -1.22. The van der Waals surface area contributed by atoms with E-state index < -0.39 is 11.6 Å². The highest BCUT2D eigenvalue weighted by Gasteiger charge is 2.32. The van der Waals surface area contributed by atoms with Crippen molar-refractivity contribution in [3.8, 4) is 6.07 Å². The monoisotopic (exact) mass is 310 g/mol. The second kappa shape index (κ2) is 7.59. The van der Waals surface area contributed by atoms with E-state index >= 15 is 0 Å². The van der Waals surface area contributed by atoms with Crippen molar-refractivity contribution in [1.82, 2.24) is 15.5 Å². The number of nitrogens with zero attached hydrogens (tertiary/aromatic N) is 2. The Morgan fingerprint density at radius 2 is 1.64 bits per heavy atom. The molecule has 0 unspecified atom stereocenters. The third-order valence-corrected chi connectivity index (χ3v) is 3.72. The Labute approximate surface area is 134 Å². The molecular weight excluding hydrogens is 280 g/mol. The minimum Gasteiger partial charge on any atom is -0.350 e. The van der Waals surface area contributed by atoms with E-state index in [1.54, 1.807) is 25.8 Å². The van der Waals surface area contributed by atoms with Crippen LogP contribution in [0, 0.1) is 17.2 Å². The molecule has 0 aliphatic heterocycles. The molecule has 126 valence electrons. The molecule has 0 aromatic heterocycles. The first-order valence-electron chi connectivity index (χ1n) is 7.57. The molecule has 0 radical (unpaired) electrons. The summed E-state index contributed by atoms with van der Waals surface area (Å²) in [6, 6.07) is 1.64. The maximum absolute atomic E-state index is 12.3. The minimum atomic E-state index is -0.917. The predicted molar refractivity (Wildman–Crippen MR) is 87.0 cm³/mol. The second-order valence-electron chi connectivity index (χ2n) is 7.35. The van der Waals surface area contributed by atoms with Crippen molar-refractivity contribution in [2.24, 2.45) is 5.92 Å². The molecule has 0 saturated carbocycles. The lowest BCUT2D eigenvalue weighted by Gasteiger charge is -2.31. The summed E-state index contributed by atoms with van der Waals surface area (Å²) in [7, 11) is 1.71. The average molecular weight is 310 g/mol. The maximum Gasteiger partial charge on any atom is 0.238 e. The van der Waals surface area contributed by atoms with Crippen molar-refractivity contribution < 1.29 is 9.59 Å². The van der Waals surface area contributed by atoms with Crippen molar-refractivity contribution in [2.75, 3.05) is 13.6 Å². The van der Waals surface area contributed by atoms with Gasteiger partial charge in [-0.25, -0.2) is 0 Å². The summed E-state index contributed by atoms with van der Waals surface area (Å²) < 4.78 is 0. The fourth-order valence-corrected chi connectivity index (χ4v) is 1.68. The zero-order chi connectivity index (χ0) is 17.7. The van der Waals surface area contributed by atoms with Gasteiger partial charge >= 0.3 is 0 Å². The molecular formula is C16H30N4O2. The van der Waals surface area contributed by atoms with Gasteiger partial charge in [0.1, 0.15) is 5.54 Å². The lowest BCUT2D eigenvalue weighted by atomic mass is 9.90. The Hall–Kier alpha value is -1.61. The maximum atomic E-state index is 12.3. The van der Waals surface area contributed by atoms with Crippen LogP contribution in [0.3, 0.4) is 0 Å². The number of likely N-dealkylation sites (N-methyl/N-ethyl adjacent to an activating group) is 1. The lowest BCUT2D eigenvalue weighted by molar-refractivity contribution is -0.129. The largest absolute Gasteiger partial charge is 0.350 e. The molecule has 0 bridgehead atoms. The van der Waals surface area contributed by atoms with Crippen LogP contribution in [0.2, 0.25) is 0 Å². The summed E-state index contributed by atoms with van der Waals surface area (Å²) >= 11 is 0. The molecule has 0 aromatic rings. The highest BCUT2D eigenvalue weighted by molar-refractivity contribution is 5.84. The van der Waals surface area contributed by atoms with Gasteiger partial charge in [0.2, 0.25) is 11.8 Å². The average Bonchev–Trinajstić information content (AvgIpc) is 2.34. The van der Waals surface area contributed by atoms with Crippen LogP contribution in [0.25, 0.3) is 0 Å². The standard InChI is InChI=1S/C16H30N4O2/c1-11(2)16(7,10-17)19-14(22)12(3)20(8)9-13(21)18-15(4,5)6/h11-12H,9H2,1-8H3,(H,18,21)(H,19,22)/t12-,16-/m1/s1. The Morgan fingerprint density at radius 1 is 1.14 bits per heavy atom. The van der Waals surface area contributed by atoms with Crippen LogP contribution < -0.4 is 10.6 Å². The minimum absolute atomic E-state index is 0.0110. The molecule has 0 fully saturated rings. The van der Waals surface area contributed by atoms with Crippen LogP contribution in [-0.2, 0) is 9.59 Å². The SMILES string of the molecule is CC(C)[C@@](C)(C#N)NC(=O)[C@@H](C)N(C)CC(=O)NC(C)(C)C. The number of amides is 2. The Kier molecular flexibility index (Phi) is 7.04. The fraction of sp³-hybridized carbons (Fsp3) is 0.812. The van der Waals surface area contributed by atoms with Crippen molar-refractivity contribution in [1.29, 1.82) is 5.26 Å². The molecule has 2 amide bonds. The molecule has 0 saturated heterocycles. The quantitative estimate of drug-likeness (QED) is 0.774. The molecule has 22 heavy (non-hydrogen) atoms. The highest BCUT2D eigenvalue weighted by Crippen LogP contribution is 2.15. The zero-order valence-corrected chi connectivity index (χ0v) is 15.1. The van der Waals surface area contributed by atoms with E-state index in [9.17, 15) is 14.9 Å². The summed E-state index contributed by atoms with van der Waals surface area (Å²) in [4.78, 5) is 25.9. The third kappa shape index (κ3) is 6.44. The van der Waals surface area contributed by atoms with Crippen molar-refractivity contribution in [2.45, 2.75) is 65.6 Å². The normalized spacial score (nSPS) is 15.9. The van der Waals surface area contributed by atoms with Crippen molar-refractivity contribution in [3.63, 3.8) is 0 Å². The first kappa shape index (κ1) is 20.4. The molecule has 6 heteroatoms. The van der Waals surface area contributed by atoms with Crippen LogP contribution >= 0.6 is 0 Å². The third-order valence-electron chi connectivity index (χ3n) is 3.72. The van der Waals surface area contributed by atoms with Gasteiger partial charge in [0, 0.05) is 5.54 Å². The summed E-state index contributed by atoms with van der Waals surface area (Å²) in [6.07, 6.45) is 0. The van der Waals surface area contributed by atoms with Crippen molar-refractivity contribution >= 4 is 11.8 Å².